The number of halogens is 1. The molecule has 0 amide bonds. The molecule has 8 heteroatoms. The van der Waals surface area contributed by atoms with Crippen molar-refractivity contribution in [1.82, 2.24) is 0 Å². The van der Waals surface area contributed by atoms with Gasteiger partial charge in [-0.3, -0.25) is 4.79 Å². The molecule has 0 aliphatic rings. The maximum absolute atomic E-state index is 11.3. The summed E-state index contributed by atoms with van der Waals surface area (Å²) in [4.78, 5) is 29.0. The molecule has 0 saturated heterocycles. The first-order valence-corrected chi connectivity index (χ1v) is 6.34. The molecule has 0 atom stereocenters. The van der Waals surface area contributed by atoms with E-state index in [4.69, 9.17) is 25.8 Å². The molecule has 14 heavy (non-hydrogen) atoms. The normalized spacial score (nSPS) is 11.4. The predicted octanol–water partition coefficient (Wildman–Crippen LogP) is 1.19. The van der Waals surface area contributed by atoms with Gasteiger partial charge in [-0.05, 0) is 6.92 Å². The smallest absolute Gasteiger partial charge is 0.375 e. The van der Waals surface area contributed by atoms with Crippen LogP contribution in [-0.2, 0) is 11.8 Å². The topological polar surface area (TPSA) is 79.9 Å². The van der Waals surface area contributed by atoms with Crippen LogP contribution in [-0.4, -0.2) is 9.79 Å². The molecule has 1 heterocycles. The summed E-state index contributed by atoms with van der Waals surface area (Å²) < 4.78 is 9.30. The van der Waals surface area contributed by atoms with Crippen LogP contribution < -0.4 is 9.95 Å². The van der Waals surface area contributed by atoms with Crippen molar-refractivity contribution >= 4 is 30.1 Å². The lowest BCUT2D eigenvalue weighted by atomic mass is 10.4. The van der Waals surface area contributed by atoms with Crippen molar-refractivity contribution < 1.29 is 18.7 Å². The van der Waals surface area contributed by atoms with Crippen LogP contribution in [0.4, 0.5) is 0 Å². The van der Waals surface area contributed by atoms with Gasteiger partial charge < -0.3 is 18.7 Å². The molecular formula is C6H6ClO5PS. The SMILES string of the molecule is Cc1occ(Cl)c(=O)c1OP(O)(O)=S. The Morgan fingerprint density at radius 2 is 2.21 bits per heavy atom. The minimum atomic E-state index is -3.95. The van der Waals surface area contributed by atoms with Gasteiger partial charge in [0.25, 0.3) is 0 Å². The molecular weight excluding hydrogens is 251 g/mol. The van der Waals surface area contributed by atoms with Gasteiger partial charge in [0, 0.05) is 11.8 Å². The Hall–Kier alpha value is -0.390. The summed E-state index contributed by atoms with van der Waals surface area (Å²) in [6, 6.07) is 0. The fourth-order valence-electron chi connectivity index (χ4n) is 0.740. The molecule has 1 aromatic heterocycles. The number of aryl methyl sites for hydroxylation is 1. The maximum atomic E-state index is 11.3. The average molecular weight is 257 g/mol. The molecule has 1 rings (SSSR count). The third-order valence-corrected chi connectivity index (χ3v) is 2.20. The van der Waals surface area contributed by atoms with E-state index in [0.717, 1.165) is 6.26 Å². The minimum Gasteiger partial charge on any atom is -0.464 e. The van der Waals surface area contributed by atoms with Crippen molar-refractivity contribution in [2.45, 2.75) is 6.92 Å². The minimum absolute atomic E-state index is 0.0803. The van der Waals surface area contributed by atoms with Crippen LogP contribution in [0.3, 0.4) is 0 Å². The zero-order valence-electron chi connectivity index (χ0n) is 6.93. The predicted molar refractivity (Wildman–Crippen MR) is 54.1 cm³/mol. The monoisotopic (exact) mass is 256 g/mol. The molecule has 78 valence electrons. The molecule has 0 aromatic carbocycles. The summed E-state index contributed by atoms with van der Waals surface area (Å²) in [6.07, 6.45) is 1.03. The van der Waals surface area contributed by atoms with E-state index in [1.165, 1.54) is 6.92 Å². The van der Waals surface area contributed by atoms with E-state index in [2.05, 4.69) is 16.3 Å². The van der Waals surface area contributed by atoms with Crippen molar-refractivity contribution in [3.05, 3.63) is 27.3 Å². The van der Waals surface area contributed by atoms with E-state index in [1.807, 2.05) is 0 Å². The third kappa shape index (κ3) is 2.80. The lowest BCUT2D eigenvalue weighted by molar-refractivity contribution is 0.357. The summed E-state index contributed by atoms with van der Waals surface area (Å²) in [5.74, 6) is -0.289. The van der Waals surface area contributed by atoms with Gasteiger partial charge in [-0.25, -0.2) is 0 Å². The van der Waals surface area contributed by atoms with Crippen LogP contribution in [0.5, 0.6) is 5.75 Å². The number of rotatable bonds is 2. The molecule has 0 spiro atoms. The molecule has 0 aliphatic carbocycles. The Morgan fingerprint density at radius 3 is 2.71 bits per heavy atom. The van der Waals surface area contributed by atoms with E-state index in [9.17, 15) is 4.79 Å². The Labute approximate surface area is 89.1 Å². The summed E-state index contributed by atoms with van der Waals surface area (Å²) in [5.41, 5.74) is -0.687. The molecule has 0 radical (unpaired) electrons. The van der Waals surface area contributed by atoms with Crippen molar-refractivity contribution in [2.75, 3.05) is 0 Å². The standard InChI is InChI=1S/C6H6ClO5PS/c1-3-6(12-13(9,10)14)5(8)4(7)2-11-3/h2H,1H3,(H2,9,10,14). The lowest BCUT2D eigenvalue weighted by Gasteiger charge is -2.10. The maximum Gasteiger partial charge on any atom is 0.375 e. The van der Waals surface area contributed by atoms with Gasteiger partial charge in [-0.15, -0.1) is 0 Å². The van der Waals surface area contributed by atoms with Gasteiger partial charge in [-0.1, -0.05) is 11.6 Å². The first-order valence-electron chi connectivity index (χ1n) is 3.34. The molecule has 5 nitrogen and oxygen atoms in total. The van der Waals surface area contributed by atoms with Crippen LogP contribution in [0.15, 0.2) is 15.5 Å². The quantitative estimate of drug-likeness (QED) is 0.774. The first-order chi connectivity index (χ1) is 6.31. The summed E-state index contributed by atoms with van der Waals surface area (Å²) in [5, 5.41) is -0.214. The fraction of sp³-hybridized carbons (Fsp3) is 0.167. The van der Waals surface area contributed by atoms with E-state index in [1.54, 1.807) is 0 Å². The van der Waals surface area contributed by atoms with Crippen LogP contribution in [0.2, 0.25) is 5.02 Å². The Bertz CT molecular complexity index is 450. The molecule has 0 fully saturated rings. The van der Waals surface area contributed by atoms with Gasteiger partial charge in [0.2, 0.25) is 11.2 Å². The van der Waals surface area contributed by atoms with E-state index in [0.29, 0.717) is 0 Å². The van der Waals surface area contributed by atoms with Crippen molar-refractivity contribution in [2.24, 2.45) is 0 Å². The highest BCUT2D eigenvalue weighted by Gasteiger charge is 2.18. The summed E-state index contributed by atoms with van der Waals surface area (Å²) in [6.45, 7) is -2.53. The zero-order chi connectivity index (χ0) is 10.9. The molecule has 0 bridgehead atoms. The van der Waals surface area contributed by atoms with Crippen LogP contribution in [0.25, 0.3) is 0 Å². The molecule has 0 aliphatic heterocycles. The van der Waals surface area contributed by atoms with E-state index < -0.39 is 12.1 Å². The first kappa shape index (κ1) is 11.7. The highest BCUT2D eigenvalue weighted by Crippen LogP contribution is 2.38. The second-order valence-corrected chi connectivity index (χ2v) is 5.38. The molecule has 1 aromatic rings. The average Bonchev–Trinajstić information content (AvgIpc) is 2.04. The molecule has 0 saturated carbocycles. The lowest BCUT2D eigenvalue weighted by Crippen LogP contribution is -2.08. The van der Waals surface area contributed by atoms with Gasteiger partial charge in [0.05, 0.1) is 0 Å². The summed E-state index contributed by atoms with van der Waals surface area (Å²) in [7, 11) is 0. The molecule has 0 unspecified atom stereocenters. The van der Waals surface area contributed by atoms with Crippen LogP contribution in [0.1, 0.15) is 5.76 Å². The number of hydrogen-bond donors (Lipinski definition) is 2. The molecule has 2 N–H and O–H groups in total. The Morgan fingerprint density at radius 1 is 1.64 bits per heavy atom. The highest BCUT2D eigenvalue weighted by molar-refractivity contribution is 8.06. The Balaban J connectivity index is 3.27. The van der Waals surface area contributed by atoms with Crippen molar-refractivity contribution in [1.29, 1.82) is 0 Å². The van der Waals surface area contributed by atoms with Crippen molar-refractivity contribution in [3.8, 4) is 5.75 Å². The van der Waals surface area contributed by atoms with Gasteiger partial charge in [0.15, 0.2) is 0 Å². The van der Waals surface area contributed by atoms with Gasteiger partial charge in [0.1, 0.15) is 17.0 Å². The Kier molecular flexibility index (Phi) is 3.34. The third-order valence-electron chi connectivity index (χ3n) is 1.29. The van der Waals surface area contributed by atoms with Crippen LogP contribution >= 0.6 is 18.3 Å². The van der Waals surface area contributed by atoms with Gasteiger partial charge in [-0.2, -0.15) is 0 Å². The zero-order valence-corrected chi connectivity index (χ0v) is 9.40. The number of hydrogen-bond acceptors (Lipinski definition) is 4. The largest absolute Gasteiger partial charge is 0.464 e. The van der Waals surface area contributed by atoms with Gasteiger partial charge >= 0.3 is 6.72 Å². The second kappa shape index (κ2) is 4.00. The highest BCUT2D eigenvalue weighted by atomic mass is 35.5. The second-order valence-electron chi connectivity index (χ2n) is 2.38. The van der Waals surface area contributed by atoms with E-state index >= 15 is 0 Å². The van der Waals surface area contributed by atoms with E-state index in [-0.39, 0.29) is 16.5 Å². The summed E-state index contributed by atoms with van der Waals surface area (Å²) >= 11 is 9.65. The van der Waals surface area contributed by atoms with Crippen LogP contribution in [0, 0.1) is 6.92 Å². The van der Waals surface area contributed by atoms with Crippen molar-refractivity contribution in [3.63, 3.8) is 0 Å². The fourth-order valence-corrected chi connectivity index (χ4v) is 1.54.